The van der Waals surface area contributed by atoms with E-state index in [1.165, 1.54) is 19.2 Å². The van der Waals surface area contributed by atoms with Crippen LogP contribution in [0.15, 0.2) is 65.8 Å². The van der Waals surface area contributed by atoms with E-state index >= 15 is 0 Å². The highest BCUT2D eigenvalue weighted by molar-refractivity contribution is 7.91. The van der Waals surface area contributed by atoms with Gasteiger partial charge in [0.1, 0.15) is 11.4 Å². The van der Waals surface area contributed by atoms with Gasteiger partial charge in [-0.3, -0.25) is 9.48 Å². The van der Waals surface area contributed by atoms with Crippen LogP contribution in [0.1, 0.15) is 29.8 Å². The van der Waals surface area contributed by atoms with Crippen LogP contribution in [0.5, 0.6) is 5.75 Å². The highest BCUT2D eigenvalue weighted by Gasteiger charge is 2.35. The van der Waals surface area contributed by atoms with Crippen molar-refractivity contribution in [2.45, 2.75) is 37.6 Å². The number of benzene rings is 2. The Labute approximate surface area is 239 Å². The van der Waals surface area contributed by atoms with E-state index in [4.69, 9.17) is 16.3 Å². The summed E-state index contributed by atoms with van der Waals surface area (Å²) in [5.74, 6) is -0.648. The molecule has 0 fully saturated rings. The first kappa shape index (κ1) is 30.0. The molecule has 0 aliphatic rings. The predicted octanol–water partition coefficient (Wildman–Crippen LogP) is 5.57. The summed E-state index contributed by atoms with van der Waals surface area (Å²) in [4.78, 5) is 19.7. The van der Waals surface area contributed by atoms with E-state index in [0.29, 0.717) is 17.6 Å². The number of hydrogen-bond donors (Lipinski definition) is 1. The van der Waals surface area contributed by atoms with Crippen molar-refractivity contribution in [1.29, 1.82) is 0 Å². The van der Waals surface area contributed by atoms with Crippen molar-refractivity contribution in [3.8, 4) is 17.0 Å². The first-order valence-electron chi connectivity index (χ1n) is 12.3. The molecule has 0 unspecified atom stereocenters. The van der Waals surface area contributed by atoms with Gasteiger partial charge in [-0.05, 0) is 49.2 Å². The molecule has 0 radical (unpaired) electrons. The Balaban J connectivity index is 1.44. The molecule has 216 valence electrons. The highest BCUT2D eigenvalue weighted by atomic mass is 35.5. The normalized spacial score (nSPS) is 11.9. The number of aromatic nitrogens is 4. The number of rotatable bonds is 10. The quantitative estimate of drug-likeness (QED) is 0.234. The topological polar surface area (TPSA) is 116 Å². The fraction of sp³-hybridized carbons (Fsp3) is 0.259. The van der Waals surface area contributed by atoms with Gasteiger partial charge in [-0.15, -0.1) is 0 Å². The number of hydrogen-bond acceptors (Lipinski definition) is 7. The lowest BCUT2D eigenvalue weighted by Gasteiger charge is -2.13. The second-order valence-corrected chi connectivity index (χ2v) is 11.5. The van der Waals surface area contributed by atoms with Crippen molar-refractivity contribution in [2.24, 2.45) is 0 Å². The number of nitrogens with one attached hydrogen (secondary N) is 1. The molecule has 0 atom stereocenters. The van der Waals surface area contributed by atoms with Crippen molar-refractivity contribution in [1.82, 2.24) is 19.7 Å². The molecule has 0 aliphatic heterocycles. The van der Waals surface area contributed by atoms with Crippen LogP contribution < -0.4 is 10.1 Å². The van der Waals surface area contributed by atoms with Crippen LogP contribution in [-0.2, 0) is 27.4 Å². The van der Waals surface area contributed by atoms with Gasteiger partial charge in [0, 0.05) is 28.8 Å². The van der Waals surface area contributed by atoms with E-state index in [9.17, 15) is 26.4 Å². The Morgan fingerprint density at radius 2 is 1.78 bits per heavy atom. The molecule has 1 N–H and O–H groups in total. The lowest BCUT2D eigenvalue weighted by atomic mass is 10.1. The van der Waals surface area contributed by atoms with Gasteiger partial charge in [0.05, 0.1) is 25.1 Å². The number of methoxy groups -OCH3 is 1. The maximum atomic E-state index is 13.6. The Hall–Kier alpha value is -3.97. The predicted molar refractivity (Wildman–Crippen MR) is 146 cm³/mol. The summed E-state index contributed by atoms with van der Waals surface area (Å²) in [6.45, 7) is 2.27. The second kappa shape index (κ2) is 12.3. The summed E-state index contributed by atoms with van der Waals surface area (Å²) in [6, 6.07) is 15.7. The van der Waals surface area contributed by atoms with E-state index in [0.717, 1.165) is 11.3 Å². The summed E-state index contributed by atoms with van der Waals surface area (Å²) in [5.41, 5.74) is 0.240. The summed E-state index contributed by atoms with van der Waals surface area (Å²) >= 11 is 5.92. The molecule has 4 rings (SSSR count). The van der Waals surface area contributed by atoms with E-state index < -0.39 is 38.5 Å². The summed E-state index contributed by atoms with van der Waals surface area (Å²) in [6.07, 6.45) is -5.32. The average Bonchev–Trinajstić information content (AvgIpc) is 3.26. The Morgan fingerprint density at radius 1 is 1.07 bits per heavy atom. The molecule has 0 bridgehead atoms. The number of carbonyl (C=O) groups excluding carboxylic acids is 1. The van der Waals surface area contributed by atoms with Crippen LogP contribution in [0.25, 0.3) is 11.3 Å². The van der Waals surface area contributed by atoms with Gasteiger partial charge in [0.2, 0.25) is 20.9 Å². The maximum absolute atomic E-state index is 13.6. The van der Waals surface area contributed by atoms with E-state index in [1.807, 2.05) is 19.1 Å². The Morgan fingerprint density at radius 3 is 2.46 bits per heavy atom. The molecule has 2 heterocycles. The number of para-hydroxylation sites is 1. The SMILES string of the molecule is COc1ccccc1-c1cc(C(F)(F)F)nc(S(=O)(=O)CCCC(=O)Nc2cc(C)n(Cc3ccc(Cl)cc3)n2)n1. The zero-order valence-corrected chi connectivity index (χ0v) is 23.5. The molecule has 2 aromatic carbocycles. The number of ether oxygens (including phenoxy) is 1. The number of amides is 1. The van der Waals surface area contributed by atoms with Gasteiger partial charge < -0.3 is 10.1 Å². The van der Waals surface area contributed by atoms with Gasteiger partial charge in [-0.25, -0.2) is 18.4 Å². The Bertz CT molecular complexity index is 1660. The number of aryl methyl sites for hydroxylation is 1. The molecular weight excluding hydrogens is 583 g/mol. The third kappa shape index (κ3) is 7.61. The molecule has 0 aliphatic carbocycles. The van der Waals surface area contributed by atoms with Gasteiger partial charge >= 0.3 is 6.18 Å². The fourth-order valence-corrected chi connectivity index (χ4v) is 5.22. The molecule has 14 heteroatoms. The third-order valence-corrected chi connectivity index (χ3v) is 7.79. The minimum atomic E-state index is -4.92. The van der Waals surface area contributed by atoms with Crippen LogP contribution in [0.2, 0.25) is 5.02 Å². The van der Waals surface area contributed by atoms with Gasteiger partial charge in [-0.2, -0.15) is 18.3 Å². The molecule has 0 saturated heterocycles. The van der Waals surface area contributed by atoms with Crippen molar-refractivity contribution in [3.63, 3.8) is 0 Å². The van der Waals surface area contributed by atoms with Crippen LogP contribution in [0.4, 0.5) is 19.0 Å². The standard InChI is InChI=1S/C27H25ClF3N5O4S/c1-17-14-24(35-36(17)16-18-9-11-19(28)12-10-18)34-25(37)8-5-13-41(38,39)26-32-21(15-23(33-26)27(29,30)31)20-6-3-4-7-22(20)40-2/h3-4,6-7,9-12,14-15H,5,8,13,16H2,1-2H3,(H,34,35,37). The molecule has 0 spiro atoms. The van der Waals surface area contributed by atoms with Crippen molar-refractivity contribution < 1.29 is 31.1 Å². The van der Waals surface area contributed by atoms with E-state index in [1.54, 1.807) is 35.0 Å². The van der Waals surface area contributed by atoms with Crippen LogP contribution >= 0.6 is 11.6 Å². The number of sulfone groups is 1. The van der Waals surface area contributed by atoms with E-state index in [2.05, 4.69) is 20.4 Å². The average molecular weight is 608 g/mol. The number of anilines is 1. The Kier molecular flexibility index (Phi) is 8.98. The lowest BCUT2D eigenvalue weighted by Crippen LogP contribution is -2.18. The monoisotopic (exact) mass is 607 g/mol. The molecule has 0 saturated carbocycles. The zero-order valence-electron chi connectivity index (χ0n) is 21.9. The number of nitrogens with zero attached hydrogens (tertiary/aromatic N) is 4. The first-order valence-corrected chi connectivity index (χ1v) is 14.3. The van der Waals surface area contributed by atoms with Crippen LogP contribution in [0, 0.1) is 6.92 Å². The summed E-state index contributed by atoms with van der Waals surface area (Å²) in [7, 11) is -3.04. The van der Waals surface area contributed by atoms with E-state index in [-0.39, 0.29) is 35.7 Å². The number of alkyl halides is 3. The fourth-order valence-electron chi connectivity index (χ4n) is 3.92. The second-order valence-electron chi connectivity index (χ2n) is 9.04. The summed E-state index contributed by atoms with van der Waals surface area (Å²) in [5, 5.41) is 6.60. The molecule has 9 nitrogen and oxygen atoms in total. The van der Waals surface area contributed by atoms with Crippen molar-refractivity contribution in [3.05, 3.63) is 82.6 Å². The van der Waals surface area contributed by atoms with Crippen molar-refractivity contribution >= 4 is 33.2 Å². The molecule has 4 aromatic rings. The largest absolute Gasteiger partial charge is 0.496 e. The van der Waals surface area contributed by atoms with Crippen LogP contribution in [-0.4, -0.2) is 46.9 Å². The smallest absolute Gasteiger partial charge is 0.433 e. The minimum Gasteiger partial charge on any atom is -0.496 e. The third-order valence-electron chi connectivity index (χ3n) is 5.97. The van der Waals surface area contributed by atoms with Crippen LogP contribution in [0.3, 0.4) is 0 Å². The maximum Gasteiger partial charge on any atom is 0.433 e. The molecule has 2 aromatic heterocycles. The molecular formula is C27H25ClF3N5O4S. The first-order chi connectivity index (χ1) is 19.4. The van der Waals surface area contributed by atoms with Gasteiger partial charge in [0.25, 0.3) is 0 Å². The van der Waals surface area contributed by atoms with Crippen molar-refractivity contribution in [2.75, 3.05) is 18.2 Å². The highest BCUT2D eigenvalue weighted by Crippen LogP contribution is 2.34. The number of halogens is 4. The van der Waals surface area contributed by atoms with Gasteiger partial charge in [0.15, 0.2) is 5.82 Å². The lowest BCUT2D eigenvalue weighted by molar-refractivity contribution is -0.141. The molecule has 41 heavy (non-hydrogen) atoms. The zero-order chi connectivity index (χ0) is 29.8. The van der Waals surface area contributed by atoms with Gasteiger partial charge in [-0.1, -0.05) is 35.9 Å². The molecule has 1 amide bonds. The minimum absolute atomic E-state index is 0.171. The summed E-state index contributed by atoms with van der Waals surface area (Å²) < 4.78 is 73.5. The number of carbonyl (C=O) groups is 1.